The Labute approximate surface area is 114 Å². The number of carbonyl (C=O) groups is 1. The Morgan fingerprint density at radius 1 is 1.39 bits per heavy atom. The highest BCUT2D eigenvalue weighted by atomic mass is 32.2. The van der Waals surface area contributed by atoms with Gasteiger partial charge in [-0.3, -0.25) is 4.79 Å². The van der Waals surface area contributed by atoms with Gasteiger partial charge < -0.3 is 5.32 Å². The van der Waals surface area contributed by atoms with Crippen molar-refractivity contribution in [3.05, 3.63) is 42.5 Å². The molecule has 2 nitrogen and oxygen atoms in total. The van der Waals surface area contributed by atoms with E-state index in [1.54, 1.807) is 11.8 Å². The van der Waals surface area contributed by atoms with Gasteiger partial charge in [0, 0.05) is 16.7 Å². The zero-order chi connectivity index (χ0) is 13.5. The number of benzene rings is 1. The van der Waals surface area contributed by atoms with Crippen LogP contribution >= 0.6 is 11.8 Å². The largest absolute Gasteiger partial charge is 0.349 e. The Balaban J connectivity index is 2.81. The van der Waals surface area contributed by atoms with Crippen LogP contribution in [0.1, 0.15) is 31.1 Å². The number of carbonyl (C=O) groups excluding carboxylic acids is 1. The number of nitrogens with one attached hydrogen (secondary N) is 1. The van der Waals surface area contributed by atoms with E-state index in [0.717, 1.165) is 16.2 Å². The van der Waals surface area contributed by atoms with Crippen molar-refractivity contribution in [3.8, 4) is 0 Å². The van der Waals surface area contributed by atoms with Crippen LogP contribution in [-0.2, 0) is 0 Å². The number of thioether (sulfide) groups is 1. The predicted octanol–water partition coefficient (Wildman–Crippen LogP) is 3.74. The Hall–Kier alpha value is -1.22. The highest BCUT2D eigenvalue weighted by Gasteiger charge is 2.15. The normalized spacial score (nSPS) is 12.2. The summed E-state index contributed by atoms with van der Waals surface area (Å²) in [6.07, 6.45) is 1.84. The lowest BCUT2D eigenvalue weighted by molar-refractivity contribution is 0.0927. The molecule has 1 atom stereocenters. The molecule has 0 saturated carbocycles. The Morgan fingerprint density at radius 2 is 2.06 bits per heavy atom. The van der Waals surface area contributed by atoms with E-state index in [1.165, 1.54) is 0 Å². The van der Waals surface area contributed by atoms with Crippen molar-refractivity contribution in [1.29, 1.82) is 0 Å². The summed E-state index contributed by atoms with van der Waals surface area (Å²) in [5.74, 6) is 1.25. The van der Waals surface area contributed by atoms with Crippen LogP contribution in [0.4, 0.5) is 0 Å². The second-order valence-electron chi connectivity index (χ2n) is 4.60. The molecule has 1 aromatic carbocycles. The average Bonchev–Trinajstić information content (AvgIpc) is 2.36. The molecule has 0 fully saturated rings. The van der Waals surface area contributed by atoms with Crippen molar-refractivity contribution in [1.82, 2.24) is 5.32 Å². The summed E-state index contributed by atoms with van der Waals surface area (Å²) in [6.45, 7) is 9.93. The van der Waals surface area contributed by atoms with E-state index in [-0.39, 0.29) is 11.9 Å². The summed E-state index contributed by atoms with van der Waals surface area (Å²) in [6, 6.07) is 7.87. The number of amides is 1. The summed E-state index contributed by atoms with van der Waals surface area (Å²) in [7, 11) is 0. The minimum atomic E-state index is 0.00311. The molecule has 98 valence electrons. The fourth-order valence-electron chi connectivity index (χ4n) is 1.38. The first-order valence-corrected chi connectivity index (χ1v) is 7.18. The maximum atomic E-state index is 12.2. The van der Waals surface area contributed by atoms with Gasteiger partial charge in [-0.1, -0.05) is 32.1 Å². The lowest BCUT2D eigenvalue weighted by atomic mass is 10.1. The first-order chi connectivity index (χ1) is 8.56. The minimum Gasteiger partial charge on any atom is -0.349 e. The molecule has 1 N–H and O–H groups in total. The molecule has 0 aliphatic heterocycles. The van der Waals surface area contributed by atoms with Gasteiger partial charge >= 0.3 is 0 Å². The highest BCUT2D eigenvalue weighted by Crippen LogP contribution is 2.22. The molecule has 0 saturated heterocycles. The van der Waals surface area contributed by atoms with Crippen molar-refractivity contribution in [2.75, 3.05) is 5.75 Å². The average molecular weight is 263 g/mol. The molecule has 1 amide bonds. The fourth-order valence-corrected chi connectivity index (χ4v) is 2.17. The van der Waals surface area contributed by atoms with Gasteiger partial charge in [-0.05, 0) is 25.0 Å². The quantitative estimate of drug-likeness (QED) is 0.626. The predicted molar refractivity (Wildman–Crippen MR) is 79.1 cm³/mol. The smallest absolute Gasteiger partial charge is 0.252 e. The third-order valence-electron chi connectivity index (χ3n) is 2.85. The van der Waals surface area contributed by atoms with E-state index in [0.29, 0.717) is 5.92 Å². The third-order valence-corrected chi connectivity index (χ3v) is 3.92. The van der Waals surface area contributed by atoms with E-state index in [4.69, 9.17) is 0 Å². The monoisotopic (exact) mass is 263 g/mol. The molecule has 1 aromatic rings. The SMILES string of the molecule is C=CCSc1ccccc1C(=O)N[C@H](C)C(C)C. The van der Waals surface area contributed by atoms with Gasteiger partial charge in [0.25, 0.3) is 5.91 Å². The second kappa shape index (κ2) is 7.27. The Bertz CT molecular complexity index is 415. The van der Waals surface area contributed by atoms with E-state index >= 15 is 0 Å². The van der Waals surface area contributed by atoms with E-state index < -0.39 is 0 Å². The molecular weight excluding hydrogens is 242 g/mol. The lowest BCUT2D eigenvalue weighted by Gasteiger charge is -2.18. The van der Waals surface area contributed by atoms with Crippen LogP contribution in [0.15, 0.2) is 41.8 Å². The summed E-state index contributed by atoms with van der Waals surface area (Å²) >= 11 is 1.63. The topological polar surface area (TPSA) is 29.1 Å². The van der Waals surface area contributed by atoms with Crippen LogP contribution < -0.4 is 5.32 Å². The molecule has 0 unspecified atom stereocenters. The maximum absolute atomic E-state index is 12.2. The molecule has 0 radical (unpaired) electrons. The molecule has 18 heavy (non-hydrogen) atoms. The zero-order valence-corrected chi connectivity index (χ0v) is 12.1. The Kier molecular flexibility index (Phi) is 5.99. The van der Waals surface area contributed by atoms with Crippen molar-refractivity contribution >= 4 is 17.7 Å². The van der Waals surface area contributed by atoms with Crippen LogP contribution in [0, 0.1) is 5.92 Å². The highest BCUT2D eigenvalue weighted by molar-refractivity contribution is 7.99. The van der Waals surface area contributed by atoms with Gasteiger partial charge in [0.15, 0.2) is 0 Å². The van der Waals surface area contributed by atoms with Gasteiger partial charge in [-0.2, -0.15) is 0 Å². The zero-order valence-electron chi connectivity index (χ0n) is 11.3. The summed E-state index contributed by atoms with van der Waals surface area (Å²) in [5.41, 5.74) is 0.747. The molecule has 0 heterocycles. The van der Waals surface area contributed by atoms with Crippen molar-refractivity contribution in [2.45, 2.75) is 31.7 Å². The molecular formula is C15H21NOS. The van der Waals surface area contributed by atoms with E-state index in [2.05, 4.69) is 25.7 Å². The molecule has 1 rings (SSSR count). The van der Waals surface area contributed by atoms with Gasteiger partial charge in [0.05, 0.1) is 5.56 Å². The van der Waals surface area contributed by atoms with Crippen LogP contribution in [0.5, 0.6) is 0 Å². The standard InChI is InChI=1S/C15H21NOS/c1-5-10-18-14-9-7-6-8-13(14)15(17)16-12(4)11(2)3/h5-9,11-12H,1,10H2,2-4H3,(H,16,17)/t12-/m1/s1. The van der Waals surface area contributed by atoms with Gasteiger partial charge in [-0.25, -0.2) is 0 Å². The maximum Gasteiger partial charge on any atom is 0.252 e. The number of rotatable bonds is 6. The van der Waals surface area contributed by atoms with Gasteiger partial charge in [-0.15, -0.1) is 18.3 Å². The lowest BCUT2D eigenvalue weighted by Crippen LogP contribution is -2.36. The Morgan fingerprint density at radius 3 is 2.67 bits per heavy atom. The molecule has 0 spiro atoms. The van der Waals surface area contributed by atoms with Crippen molar-refractivity contribution in [3.63, 3.8) is 0 Å². The summed E-state index contributed by atoms with van der Waals surface area (Å²) in [5, 5.41) is 3.03. The van der Waals surface area contributed by atoms with Crippen LogP contribution in [-0.4, -0.2) is 17.7 Å². The van der Waals surface area contributed by atoms with Crippen molar-refractivity contribution < 1.29 is 4.79 Å². The summed E-state index contributed by atoms with van der Waals surface area (Å²) < 4.78 is 0. The number of hydrogen-bond acceptors (Lipinski definition) is 2. The summed E-state index contributed by atoms with van der Waals surface area (Å²) in [4.78, 5) is 13.2. The van der Waals surface area contributed by atoms with Crippen LogP contribution in [0.2, 0.25) is 0 Å². The van der Waals surface area contributed by atoms with Crippen LogP contribution in [0.25, 0.3) is 0 Å². The van der Waals surface area contributed by atoms with Crippen molar-refractivity contribution in [2.24, 2.45) is 5.92 Å². The first-order valence-electron chi connectivity index (χ1n) is 6.19. The molecule has 0 aliphatic carbocycles. The van der Waals surface area contributed by atoms with Gasteiger partial charge in [0.1, 0.15) is 0 Å². The van der Waals surface area contributed by atoms with E-state index in [9.17, 15) is 4.79 Å². The van der Waals surface area contributed by atoms with E-state index in [1.807, 2.05) is 37.3 Å². The minimum absolute atomic E-state index is 0.00311. The van der Waals surface area contributed by atoms with Gasteiger partial charge in [0.2, 0.25) is 0 Å². The third kappa shape index (κ3) is 4.22. The molecule has 0 aliphatic rings. The second-order valence-corrected chi connectivity index (χ2v) is 5.66. The molecule has 0 aromatic heterocycles. The first kappa shape index (κ1) is 14.8. The molecule has 0 bridgehead atoms. The van der Waals surface area contributed by atoms with Crippen LogP contribution in [0.3, 0.4) is 0 Å². The molecule has 3 heteroatoms. The fraction of sp³-hybridized carbons (Fsp3) is 0.400. The number of hydrogen-bond donors (Lipinski definition) is 1.